The summed E-state index contributed by atoms with van der Waals surface area (Å²) in [5.41, 5.74) is 5.47. The molecule has 1 aromatic heterocycles. The van der Waals surface area contributed by atoms with Crippen molar-refractivity contribution in [3.63, 3.8) is 0 Å². The zero-order valence-corrected chi connectivity index (χ0v) is 13.4. The molecule has 19 heavy (non-hydrogen) atoms. The van der Waals surface area contributed by atoms with Gasteiger partial charge < -0.3 is 15.8 Å². The number of nitrogens with two attached hydrogens (primary N) is 1. The lowest BCUT2D eigenvalue weighted by atomic mass is 10.2. The molecule has 5 nitrogen and oxygen atoms in total. The molecule has 112 valence electrons. The van der Waals surface area contributed by atoms with E-state index in [0.717, 1.165) is 11.4 Å². The summed E-state index contributed by atoms with van der Waals surface area (Å²) >= 11 is 1.55. The summed E-state index contributed by atoms with van der Waals surface area (Å²) in [5.74, 6) is -0.0515. The van der Waals surface area contributed by atoms with Crippen LogP contribution in [0.15, 0.2) is 11.6 Å². The molecule has 0 spiro atoms. The molecule has 0 aromatic carbocycles. The van der Waals surface area contributed by atoms with Gasteiger partial charge in [-0.3, -0.25) is 4.79 Å². The minimum absolute atomic E-state index is 0. The molecule has 0 bridgehead atoms. The first-order chi connectivity index (χ1) is 8.21. The summed E-state index contributed by atoms with van der Waals surface area (Å²) in [6, 6.07) is -0.0159. The van der Waals surface area contributed by atoms with Crippen LogP contribution in [-0.4, -0.2) is 30.6 Å². The van der Waals surface area contributed by atoms with Crippen molar-refractivity contribution in [3.8, 4) is 0 Å². The van der Waals surface area contributed by atoms with Crippen LogP contribution in [0.1, 0.15) is 30.8 Å². The van der Waals surface area contributed by atoms with E-state index in [1.54, 1.807) is 24.6 Å². The van der Waals surface area contributed by atoms with Crippen LogP contribution in [0, 0.1) is 0 Å². The predicted octanol–water partition coefficient (Wildman–Crippen LogP) is 1.92. The maximum absolute atomic E-state index is 11.8. The molecule has 1 heterocycles. The van der Waals surface area contributed by atoms with Gasteiger partial charge in [0.25, 0.3) is 0 Å². The maximum atomic E-state index is 11.8. The summed E-state index contributed by atoms with van der Waals surface area (Å²) < 4.78 is 5.08. The second kappa shape index (κ2) is 11.4. The van der Waals surface area contributed by atoms with Crippen molar-refractivity contribution in [2.45, 2.75) is 31.9 Å². The van der Waals surface area contributed by atoms with Crippen LogP contribution in [-0.2, 0) is 9.53 Å². The number of hydrogen-bond acceptors (Lipinski definition) is 5. The molecule has 0 saturated heterocycles. The van der Waals surface area contributed by atoms with E-state index in [1.165, 1.54) is 0 Å². The van der Waals surface area contributed by atoms with Crippen molar-refractivity contribution < 1.29 is 9.53 Å². The molecule has 0 fully saturated rings. The Kier molecular flexibility index (Phi) is 12.6. The highest BCUT2D eigenvalue weighted by Gasteiger charge is 2.17. The van der Waals surface area contributed by atoms with Crippen LogP contribution in [0.25, 0.3) is 0 Å². The first kappa shape index (κ1) is 20.9. The molecule has 0 aliphatic rings. The fourth-order valence-electron chi connectivity index (χ4n) is 1.47. The van der Waals surface area contributed by atoms with Crippen molar-refractivity contribution in [1.82, 2.24) is 10.3 Å². The normalized spacial score (nSPS) is 12.8. The molecular formula is C11H21Cl2N3O2S. The topological polar surface area (TPSA) is 77.2 Å². The fraction of sp³-hybridized carbons (Fsp3) is 0.636. The Bertz CT molecular complexity index is 335. The van der Waals surface area contributed by atoms with Crippen LogP contribution in [0.5, 0.6) is 0 Å². The third kappa shape index (κ3) is 7.08. The van der Waals surface area contributed by atoms with E-state index in [1.807, 2.05) is 12.3 Å². The number of nitrogens with one attached hydrogen (secondary N) is 1. The summed E-state index contributed by atoms with van der Waals surface area (Å²) in [5, 5.41) is 5.78. The predicted molar refractivity (Wildman–Crippen MR) is 82.3 cm³/mol. The Hall–Kier alpha value is -0.400. The lowest BCUT2D eigenvalue weighted by Gasteiger charge is -2.17. The van der Waals surface area contributed by atoms with Gasteiger partial charge in [-0.2, -0.15) is 0 Å². The van der Waals surface area contributed by atoms with E-state index >= 15 is 0 Å². The summed E-state index contributed by atoms with van der Waals surface area (Å²) in [4.78, 5) is 16.0. The van der Waals surface area contributed by atoms with E-state index in [2.05, 4.69) is 10.3 Å². The number of thiazole rings is 1. The molecule has 0 aliphatic heterocycles. The minimum atomic E-state index is -0.219. The first-order valence-electron chi connectivity index (χ1n) is 5.62. The van der Waals surface area contributed by atoms with E-state index < -0.39 is 0 Å². The van der Waals surface area contributed by atoms with Crippen LogP contribution in [0.2, 0.25) is 0 Å². The average Bonchev–Trinajstić information content (AvgIpc) is 2.86. The third-order valence-electron chi connectivity index (χ3n) is 2.50. The highest BCUT2D eigenvalue weighted by atomic mass is 35.5. The highest BCUT2D eigenvalue weighted by Crippen LogP contribution is 2.18. The molecule has 0 saturated carbocycles. The number of hydrogen-bond donors (Lipinski definition) is 2. The van der Waals surface area contributed by atoms with Crippen molar-refractivity contribution in [2.24, 2.45) is 5.73 Å². The van der Waals surface area contributed by atoms with E-state index in [9.17, 15) is 4.79 Å². The number of aromatic nitrogens is 1. The third-order valence-corrected chi connectivity index (χ3v) is 3.39. The molecule has 1 aromatic rings. The van der Waals surface area contributed by atoms with Gasteiger partial charge in [0.2, 0.25) is 5.91 Å². The van der Waals surface area contributed by atoms with E-state index in [-0.39, 0.29) is 49.3 Å². The van der Waals surface area contributed by atoms with Gasteiger partial charge in [-0.1, -0.05) is 6.92 Å². The molecule has 2 unspecified atom stereocenters. The molecule has 8 heteroatoms. The SMILES string of the molecule is CCC(NC(=O)CC(CN)OC)c1nccs1.Cl.Cl. The van der Waals surface area contributed by atoms with Gasteiger partial charge in [0.1, 0.15) is 5.01 Å². The summed E-state index contributed by atoms with van der Waals surface area (Å²) in [6.07, 6.45) is 2.63. The number of carbonyl (C=O) groups is 1. The number of methoxy groups -OCH3 is 1. The molecular weight excluding hydrogens is 309 g/mol. The van der Waals surface area contributed by atoms with Crippen molar-refractivity contribution >= 4 is 42.1 Å². The van der Waals surface area contributed by atoms with Gasteiger partial charge in [0.05, 0.1) is 18.6 Å². The van der Waals surface area contributed by atoms with E-state index in [4.69, 9.17) is 10.5 Å². The van der Waals surface area contributed by atoms with Crippen molar-refractivity contribution in [3.05, 3.63) is 16.6 Å². The molecule has 0 radical (unpaired) electrons. The van der Waals surface area contributed by atoms with Gasteiger partial charge >= 0.3 is 0 Å². The zero-order valence-electron chi connectivity index (χ0n) is 11.0. The van der Waals surface area contributed by atoms with Crippen LogP contribution in [0.4, 0.5) is 0 Å². The van der Waals surface area contributed by atoms with Gasteiger partial charge in [-0.15, -0.1) is 36.2 Å². The maximum Gasteiger partial charge on any atom is 0.223 e. The van der Waals surface area contributed by atoms with Crippen molar-refractivity contribution in [1.29, 1.82) is 0 Å². The molecule has 2 atom stereocenters. The standard InChI is InChI=1S/C11H19N3O2S.2ClH/c1-3-9(11-13-4-5-17-11)14-10(15)6-8(7-12)16-2;;/h4-5,8-9H,3,6-7,12H2,1-2H3,(H,14,15);2*1H. The van der Waals surface area contributed by atoms with Gasteiger partial charge in [0.15, 0.2) is 0 Å². The number of nitrogens with zero attached hydrogens (tertiary/aromatic N) is 1. The number of ether oxygens (including phenoxy) is 1. The molecule has 0 aliphatic carbocycles. The Balaban J connectivity index is 0. The van der Waals surface area contributed by atoms with Crippen LogP contribution >= 0.6 is 36.2 Å². The molecule has 1 rings (SSSR count). The lowest BCUT2D eigenvalue weighted by Crippen LogP contribution is -2.34. The number of amides is 1. The number of rotatable bonds is 7. The molecule has 1 amide bonds. The quantitative estimate of drug-likeness (QED) is 0.801. The Morgan fingerprint density at radius 2 is 2.26 bits per heavy atom. The van der Waals surface area contributed by atoms with Gasteiger partial charge in [-0.25, -0.2) is 4.98 Å². The Labute approximate surface area is 130 Å². The minimum Gasteiger partial charge on any atom is -0.380 e. The van der Waals surface area contributed by atoms with Gasteiger partial charge in [-0.05, 0) is 6.42 Å². The van der Waals surface area contributed by atoms with Crippen LogP contribution in [0.3, 0.4) is 0 Å². The smallest absolute Gasteiger partial charge is 0.223 e. The highest BCUT2D eigenvalue weighted by molar-refractivity contribution is 7.09. The lowest BCUT2D eigenvalue weighted by molar-refractivity contribution is -0.124. The monoisotopic (exact) mass is 329 g/mol. The van der Waals surface area contributed by atoms with Crippen LogP contribution < -0.4 is 11.1 Å². The fourth-order valence-corrected chi connectivity index (χ4v) is 2.24. The first-order valence-corrected chi connectivity index (χ1v) is 6.50. The second-order valence-electron chi connectivity index (χ2n) is 3.70. The Morgan fingerprint density at radius 1 is 1.58 bits per heavy atom. The largest absolute Gasteiger partial charge is 0.380 e. The van der Waals surface area contributed by atoms with Crippen molar-refractivity contribution in [2.75, 3.05) is 13.7 Å². The zero-order chi connectivity index (χ0) is 12.7. The summed E-state index contributed by atoms with van der Waals surface area (Å²) in [7, 11) is 1.56. The van der Waals surface area contributed by atoms with Gasteiger partial charge in [0, 0.05) is 25.2 Å². The Morgan fingerprint density at radius 3 is 2.68 bits per heavy atom. The number of halogens is 2. The second-order valence-corrected chi connectivity index (χ2v) is 4.62. The molecule has 3 N–H and O–H groups in total. The van der Waals surface area contributed by atoms with E-state index in [0.29, 0.717) is 6.54 Å². The number of carbonyl (C=O) groups excluding carboxylic acids is 1. The average molecular weight is 330 g/mol. The summed E-state index contributed by atoms with van der Waals surface area (Å²) in [6.45, 7) is 2.36.